The van der Waals surface area contributed by atoms with Crippen LogP contribution in [-0.2, 0) is 9.59 Å². The number of carboxylic acid groups (broad SMARTS) is 1. The molecule has 3 rings (SSSR count). The third-order valence-corrected chi connectivity index (χ3v) is 4.51. The van der Waals surface area contributed by atoms with E-state index >= 15 is 0 Å². The number of amides is 2. The first-order valence-corrected chi connectivity index (χ1v) is 8.48. The molecule has 1 aliphatic rings. The van der Waals surface area contributed by atoms with Crippen molar-refractivity contribution < 1.29 is 23.9 Å². The number of nitrogens with zero attached hydrogens (tertiary/aromatic N) is 1. The molecule has 2 amide bonds. The molecular formula is C18H15NO5S. The zero-order valence-corrected chi connectivity index (χ0v) is 14.0. The second kappa shape index (κ2) is 7.40. The average Bonchev–Trinajstić information content (AvgIpc) is 3.16. The summed E-state index contributed by atoms with van der Waals surface area (Å²) in [5.74, 6) is -0.216. The van der Waals surface area contributed by atoms with E-state index in [0.29, 0.717) is 11.5 Å². The van der Waals surface area contributed by atoms with Gasteiger partial charge in [-0.15, -0.1) is 0 Å². The highest BCUT2D eigenvalue weighted by atomic mass is 32.2. The van der Waals surface area contributed by atoms with Gasteiger partial charge in [-0.25, -0.2) is 0 Å². The Morgan fingerprint density at radius 1 is 1.16 bits per heavy atom. The van der Waals surface area contributed by atoms with Crippen LogP contribution in [0, 0.1) is 0 Å². The van der Waals surface area contributed by atoms with Crippen LogP contribution in [0.5, 0.6) is 0 Å². The molecule has 0 radical (unpaired) electrons. The monoisotopic (exact) mass is 357 g/mol. The largest absolute Gasteiger partial charge is 0.481 e. The zero-order valence-electron chi connectivity index (χ0n) is 13.2. The van der Waals surface area contributed by atoms with Gasteiger partial charge in [-0.1, -0.05) is 30.3 Å². The summed E-state index contributed by atoms with van der Waals surface area (Å²) in [6.45, 7) is 0.0989. The van der Waals surface area contributed by atoms with E-state index < -0.39 is 17.1 Å². The zero-order chi connectivity index (χ0) is 17.8. The van der Waals surface area contributed by atoms with Gasteiger partial charge >= 0.3 is 5.97 Å². The number of thioether (sulfide) groups is 1. The van der Waals surface area contributed by atoms with Crippen molar-refractivity contribution in [1.29, 1.82) is 0 Å². The van der Waals surface area contributed by atoms with Gasteiger partial charge in [0.2, 0.25) is 0 Å². The lowest BCUT2D eigenvalue weighted by molar-refractivity contribution is -0.137. The minimum absolute atomic E-state index is 0.0839. The highest BCUT2D eigenvalue weighted by Gasteiger charge is 2.34. The Morgan fingerprint density at radius 3 is 2.64 bits per heavy atom. The lowest BCUT2D eigenvalue weighted by Crippen LogP contribution is -2.29. The molecule has 6 nitrogen and oxygen atoms in total. The number of hydrogen-bond donors (Lipinski definition) is 1. The van der Waals surface area contributed by atoms with Gasteiger partial charge in [0.15, 0.2) is 0 Å². The molecule has 0 bridgehead atoms. The van der Waals surface area contributed by atoms with E-state index in [0.717, 1.165) is 22.2 Å². The summed E-state index contributed by atoms with van der Waals surface area (Å²) in [6.07, 6.45) is 1.69. The highest BCUT2D eigenvalue weighted by Crippen LogP contribution is 2.33. The molecule has 0 spiro atoms. The van der Waals surface area contributed by atoms with Crippen molar-refractivity contribution in [2.75, 3.05) is 6.54 Å². The molecule has 128 valence electrons. The van der Waals surface area contributed by atoms with Gasteiger partial charge in [-0.3, -0.25) is 19.3 Å². The molecule has 2 aromatic rings. The number of rotatable bonds is 6. The second-order valence-corrected chi connectivity index (χ2v) is 6.39. The minimum atomic E-state index is -0.952. The highest BCUT2D eigenvalue weighted by molar-refractivity contribution is 8.18. The third-order valence-electron chi connectivity index (χ3n) is 3.60. The van der Waals surface area contributed by atoms with E-state index in [1.807, 2.05) is 30.3 Å². The average molecular weight is 357 g/mol. The van der Waals surface area contributed by atoms with Crippen LogP contribution in [0.15, 0.2) is 51.8 Å². The molecule has 0 saturated carbocycles. The van der Waals surface area contributed by atoms with E-state index in [4.69, 9.17) is 9.52 Å². The topological polar surface area (TPSA) is 87.8 Å². The molecule has 1 aromatic heterocycles. The van der Waals surface area contributed by atoms with E-state index in [9.17, 15) is 14.4 Å². The number of imide groups is 1. The van der Waals surface area contributed by atoms with E-state index in [-0.39, 0.29) is 24.3 Å². The molecule has 1 N–H and O–H groups in total. The molecule has 0 atom stereocenters. The van der Waals surface area contributed by atoms with Crippen molar-refractivity contribution in [3.8, 4) is 11.3 Å². The number of aliphatic carboxylic acids is 1. The van der Waals surface area contributed by atoms with Gasteiger partial charge < -0.3 is 9.52 Å². The molecule has 2 heterocycles. The Balaban J connectivity index is 1.72. The van der Waals surface area contributed by atoms with E-state index in [1.165, 1.54) is 6.08 Å². The van der Waals surface area contributed by atoms with Crippen molar-refractivity contribution in [2.24, 2.45) is 0 Å². The van der Waals surface area contributed by atoms with Crippen LogP contribution in [0.1, 0.15) is 18.6 Å². The molecule has 25 heavy (non-hydrogen) atoms. The molecule has 0 aliphatic carbocycles. The van der Waals surface area contributed by atoms with Gasteiger partial charge in [0.1, 0.15) is 11.5 Å². The molecular weight excluding hydrogens is 342 g/mol. The number of carbonyl (C=O) groups excluding carboxylic acids is 2. The van der Waals surface area contributed by atoms with Gasteiger partial charge in [0, 0.05) is 24.6 Å². The van der Waals surface area contributed by atoms with Crippen LogP contribution in [0.25, 0.3) is 17.4 Å². The van der Waals surface area contributed by atoms with Crippen molar-refractivity contribution in [1.82, 2.24) is 4.90 Å². The summed E-state index contributed by atoms with van der Waals surface area (Å²) in [5.41, 5.74) is 0.920. The summed E-state index contributed by atoms with van der Waals surface area (Å²) in [4.78, 5) is 36.1. The van der Waals surface area contributed by atoms with Gasteiger partial charge in [-0.05, 0) is 30.3 Å². The molecule has 1 aliphatic heterocycles. The third kappa shape index (κ3) is 4.00. The van der Waals surface area contributed by atoms with Crippen molar-refractivity contribution >= 4 is 35.0 Å². The fraction of sp³-hybridized carbons (Fsp3) is 0.167. The number of carbonyl (C=O) groups is 3. The molecule has 1 fully saturated rings. The van der Waals surface area contributed by atoms with Gasteiger partial charge in [-0.2, -0.15) is 0 Å². The van der Waals surface area contributed by atoms with E-state index in [1.54, 1.807) is 12.1 Å². The first kappa shape index (κ1) is 17.0. The van der Waals surface area contributed by atoms with Gasteiger partial charge in [0.05, 0.1) is 4.91 Å². The standard InChI is InChI=1S/C18H15NO5S/c20-16(21)7-4-10-19-17(22)15(25-18(19)23)11-13-8-9-14(24-13)12-5-2-1-3-6-12/h1-3,5-6,8-9,11H,4,7,10H2,(H,20,21). The van der Waals surface area contributed by atoms with E-state index in [2.05, 4.69) is 0 Å². The summed E-state index contributed by atoms with van der Waals surface area (Å²) < 4.78 is 5.71. The summed E-state index contributed by atoms with van der Waals surface area (Å²) >= 11 is 0.832. The lowest BCUT2D eigenvalue weighted by atomic mass is 10.2. The predicted octanol–water partition coefficient (Wildman–Crippen LogP) is 3.85. The minimum Gasteiger partial charge on any atom is -0.481 e. The fourth-order valence-electron chi connectivity index (χ4n) is 2.40. The van der Waals surface area contributed by atoms with Gasteiger partial charge in [0.25, 0.3) is 11.1 Å². The first-order valence-electron chi connectivity index (χ1n) is 7.67. The van der Waals surface area contributed by atoms with Crippen LogP contribution < -0.4 is 0 Å². The lowest BCUT2D eigenvalue weighted by Gasteiger charge is -2.10. The molecule has 0 unspecified atom stereocenters. The molecule has 1 saturated heterocycles. The van der Waals surface area contributed by atoms with Crippen molar-refractivity contribution in [3.63, 3.8) is 0 Å². The summed E-state index contributed by atoms with van der Waals surface area (Å²) in [5, 5.41) is 8.25. The Bertz CT molecular complexity index is 840. The quantitative estimate of drug-likeness (QED) is 0.790. The maximum Gasteiger partial charge on any atom is 0.303 e. The SMILES string of the molecule is O=C(O)CCCN1C(=O)SC(=Cc2ccc(-c3ccccc3)o2)C1=O. The van der Waals surface area contributed by atoms with Crippen LogP contribution in [0.4, 0.5) is 4.79 Å². The Morgan fingerprint density at radius 2 is 1.92 bits per heavy atom. The predicted molar refractivity (Wildman–Crippen MR) is 93.7 cm³/mol. The van der Waals surface area contributed by atoms with Crippen LogP contribution in [0.2, 0.25) is 0 Å². The maximum absolute atomic E-state index is 12.3. The summed E-state index contributed by atoms with van der Waals surface area (Å²) in [7, 11) is 0. The number of hydrogen-bond acceptors (Lipinski definition) is 5. The fourth-order valence-corrected chi connectivity index (χ4v) is 3.24. The molecule has 7 heteroatoms. The summed E-state index contributed by atoms with van der Waals surface area (Å²) in [6, 6.07) is 13.1. The smallest absolute Gasteiger partial charge is 0.303 e. The maximum atomic E-state index is 12.3. The molecule has 1 aromatic carbocycles. The van der Waals surface area contributed by atoms with Crippen LogP contribution >= 0.6 is 11.8 Å². The van der Waals surface area contributed by atoms with Crippen molar-refractivity contribution in [2.45, 2.75) is 12.8 Å². The van der Waals surface area contributed by atoms with Crippen molar-refractivity contribution in [3.05, 3.63) is 53.1 Å². The van der Waals surface area contributed by atoms with Crippen LogP contribution in [0.3, 0.4) is 0 Å². The number of benzene rings is 1. The first-order chi connectivity index (χ1) is 12.0. The Labute approximate surface area is 148 Å². The van der Waals surface area contributed by atoms with Crippen LogP contribution in [-0.4, -0.2) is 33.7 Å². The number of carboxylic acids is 1. The number of furan rings is 1. The Hall–Kier alpha value is -2.80. The second-order valence-electron chi connectivity index (χ2n) is 5.40. The normalized spacial score (nSPS) is 16.0. The Kier molecular flexibility index (Phi) is 5.04.